The van der Waals surface area contributed by atoms with Gasteiger partial charge >= 0.3 is 5.97 Å². The van der Waals surface area contributed by atoms with E-state index in [-0.39, 0.29) is 11.3 Å². The molecule has 0 spiro atoms. The minimum absolute atomic E-state index is 0.247. The summed E-state index contributed by atoms with van der Waals surface area (Å²) in [7, 11) is -3.62. The van der Waals surface area contributed by atoms with Gasteiger partial charge in [-0.3, -0.25) is 4.79 Å². The molecule has 19 heavy (non-hydrogen) atoms. The highest BCUT2D eigenvalue weighted by Crippen LogP contribution is 2.38. The highest BCUT2D eigenvalue weighted by Gasteiger charge is 2.41. The van der Waals surface area contributed by atoms with E-state index in [1.54, 1.807) is 19.9 Å². The molecule has 1 aromatic carbocycles. The average molecular weight is 283 g/mol. The number of aliphatic carboxylic acids is 1. The van der Waals surface area contributed by atoms with Crippen LogP contribution in [0.1, 0.15) is 24.5 Å². The average Bonchev–Trinajstić information content (AvgIpc) is 2.28. The first-order valence-electron chi connectivity index (χ1n) is 6.07. The van der Waals surface area contributed by atoms with Crippen molar-refractivity contribution in [1.29, 1.82) is 0 Å². The molecular weight excluding hydrogens is 266 g/mol. The Hall–Kier alpha value is -1.56. The van der Waals surface area contributed by atoms with Crippen molar-refractivity contribution in [2.75, 3.05) is 5.32 Å². The van der Waals surface area contributed by atoms with Crippen molar-refractivity contribution < 1.29 is 18.3 Å². The van der Waals surface area contributed by atoms with E-state index in [0.717, 1.165) is 5.56 Å². The summed E-state index contributed by atoms with van der Waals surface area (Å²) in [5.74, 6) is -1.10. The molecule has 0 saturated heterocycles. The summed E-state index contributed by atoms with van der Waals surface area (Å²) in [5, 5.41) is 11.1. The van der Waals surface area contributed by atoms with E-state index in [1.165, 1.54) is 0 Å². The van der Waals surface area contributed by atoms with Crippen molar-refractivity contribution in [3.05, 3.63) is 23.3 Å². The highest BCUT2D eigenvalue weighted by atomic mass is 32.2. The maximum absolute atomic E-state index is 12.6. The smallest absolute Gasteiger partial charge is 0.304 e. The Balaban J connectivity index is 2.65. The summed E-state index contributed by atoms with van der Waals surface area (Å²) < 4.78 is 25.2. The third-order valence-corrected chi connectivity index (χ3v) is 6.02. The van der Waals surface area contributed by atoms with Crippen molar-refractivity contribution in [2.24, 2.45) is 0 Å². The van der Waals surface area contributed by atoms with Crippen LogP contribution in [0.2, 0.25) is 0 Å². The Morgan fingerprint density at radius 1 is 1.32 bits per heavy atom. The van der Waals surface area contributed by atoms with Crippen LogP contribution in [0.4, 0.5) is 5.69 Å². The summed E-state index contributed by atoms with van der Waals surface area (Å²) in [6.45, 7) is 5.27. The molecule has 0 saturated carbocycles. The molecule has 104 valence electrons. The number of carbonyl (C=O) groups is 1. The van der Waals surface area contributed by atoms with Crippen LogP contribution < -0.4 is 5.32 Å². The second-order valence-electron chi connectivity index (χ2n) is 5.02. The fourth-order valence-electron chi connectivity index (χ4n) is 2.53. The van der Waals surface area contributed by atoms with Crippen molar-refractivity contribution >= 4 is 21.5 Å². The number of anilines is 1. The minimum atomic E-state index is -3.62. The van der Waals surface area contributed by atoms with Gasteiger partial charge in [0.25, 0.3) is 0 Å². The summed E-state index contributed by atoms with van der Waals surface area (Å²) in [4.78, 5) is 11.1. The number of nitrogens with one attached hydrogen (secondary N) is 1. The van der Waals surface area contributed by atoms with E-state index in [2.05, 4.69) is 5.32 Å². The number of fused-ring (bicyclic) bond motifs is 1. The number of rotatable bonds is 2. The van der Waals surface area contributed by atoms with E-state index in [1.807, 2.05) is 13.0 Å². The summed E-state index contributed by atoms with van der Waals surface area (Å²) in [6.07, 6.45) is -0.386. The lowest BCUT2D eigenvalue weighted by Crippen LogP contribution is -2.43. The van der Waals surface area contributed by atoms with Crippen LogP contribution in [0.3, 0.4) is 0 Å². The van der Waals surface area contributed by atoms with Gasteiger partial charge in [0.1, 0.15) is 0 Å². The molecule has 0 radical (unpaired) electrons. The van der Waals surface area contributed by atoms with E-state index in [9.17, 15) is 13.2 Å². The molecule has 1 aliphatic rings. The molecule has 0 bridgehead atoms. The van der Waals surface area contributed by atoms with E-state index >= 15 is 0 Å². The summed E-state index contributed by atoms with van der Waals surface area (Å²) in [6, 6.07) is 3.19. The number of benzene rings is 1. The zero-order valence-electron chi connectivity index (χ0n) is 11.1. The van der Waals surface area contributed by atoms with Crippen molar-refractivity contribution in [2.45, 2.75) is 43.4 Å². The standard InChI is InChI=1S/C13H17NO4S/c1-7-4-5-8(2)13-12(7)14-9(3)10(6-11(15)16)19(13,17)18/h4-5,9-10,14H,6H2,1-3H3,(H,15,16). The molecule has 5 nitrogen and oxygen atoms in total. The Morgan fingerprint density at radius 3 is 2.47 bits per heavy atom. The van der Waals surface area contributed by atoms with E-state index in [4.69, 9.17) is 5.11 Å². The molecule has 0 amide bonds. The molecule has 2 unspecified atom stereocenters. The van der Waals surface area contributed by atoms with Gasteiger partial charge in [0.15, 0.2) is 9.84 Å². The largest absolute Gasteiger partial charge is 0.481 e. The van der Waals surface area contributed by atoms with Gasteiger partial charge in [0, 0.05) is 6.04 Å². The zero-order valence-corrected chi connectivity index (χ0v) is 11.9. The maximum Gasteiger partial charge on any atom is 0.304 e. The van der Waals surface area contributed by atoms with Crippen LogP contribution in [0.15, 0.2) is 17.0 Å². The van der Waals surface area contributed by atoms with Crippen LogP contribution in [0, 0.1) is 13.8 Å². The van der Waals surface area contributed by atoms with Gasteiger partial charge in [-0.25, -0.2) is 8.42 Å². The molecular formula is C13H17NO4S. The van der Waals surface area contributed by atoms with Gasteiger partial charge < -0.3 is 10.4 Å². The molecule has 1 aliphatic heterocycles. The van der Waals surface area contributed by atoms with Crippen molar-refractivity contribution in [3.8, 4) is 0 Å². The quantitative estimate of drug-likeness (QED) is 0.863. The minimum Gasteiger partial charge on any atom is -0.481 e. The lowest BCUT2D eigenvalue weighted by Gasteiger charge is -2.33. The lowest BCUT2D eigenvalue weighted by molar-refractivity contribution is -0.137. The molecule has 2 rings (SSSR count). The third kappa shape index (κ3) is 2.20. The number of hydrogen-bond acceptors (Lipinski definition) is 4. The van der Waals surface area contributed by atoms with Crippen LogP contribution in [0.5, 0.6) is 0 Å². The molecule has 0 aliphatic carbocycles. The predicted molar refractivity (Wildman–Crippen MR) is 72.2 cm³/mol. The molecule has 0 fully saturated rings. The molecule has 2 N–H and O–H groups in total. The molecule has 1 heterocycles. The Kier molecular flexibility index (Phi) is 3.30. The number of carboxylic acids is 1. The molecule has 6 heteroatoms. The second kappa shape index (κ2) is 4.52. The number of hydrogen-bond donors (Lipinski definition) is 2. The van der Waals surface area contributed by atoms with Gasteiger partial charge in [0.2, 0.25) is 0 Å². The monoisotopic (exact) mass is 283 g/mol. The van der Waals surface area contributed by atoms with Gasteiger partial charge in [-0.1, -0.05) is 12.1 Å². The Morgan fingerprint density at radius 2 is 1.89 bits per heavy atom. The van der Waals surface area contributed by atoms with Gasteiger partial charge in [-0.2, -0.15) is 0 Å². The Bertz CT molecular complexity index is 636. The van der Waals surface area contributed by atoms with Crippen LogP contribution in [0.25, 0.3) is 0 Å². The van der Waals surface area contributed by atoms with Crippen LogP contribution in [-0.4, -0.2) is 30.8 Å². The topological polar surface area (TPSA) is 83.5 Å². The zero-order chi connectivity index (χ0) is 14.4. The maximum atomic E-state index is 12.6. The van der Waals surface area contributed by atoms with Crippen molar-refractivity contribution in [1.82, 2.24) is 0 Å². The summed E-state index contributed by atoms with van der Waals surface area (Å²) in [5.41, 5.74) is 2.11. The Labute approximate surface area is 112 Å². The second-order valence-corrected chi connectivity index (χ2v) is 7.12. The third-order valence-electron chi connectivity index (χ3n) is 3.55. The summed E-state index contributed by atoms with van der Waals surface area (Å²) >= 11 is 0. The van der Waals surface area contributed by atoms with Gasteiger partial charge in [-0.15, -0.1) is 0 Å². The normalized spacial score (nSPS) is 24.4. The molecule has 0 aromatic heterocycles. The van der Waals surface area contributed by atoms with Gasteiger partial charge in [-0.05, 0) is 31.9 Å². The number of carboxylic acid groups (broad SMARTS) is 1. The first-order valence-corrected chi connectivity index (χ1v) is 7.62. The van der Waals surface area contributed by atoms with Crippen LogP contribution >= 0.6 is 0 Å². The lowest BCUT2D eigenvalue weighted by atomic mass is 10.1. The molecule has 2 atom stereocenters. The van der Waals surface area contributed by atoms with E-state index < -0.39 is 27.1 Å². The SMILES string of the molecule is Cc1ccc(C)c2c1NC(C)C(CC(=O)O)S2(=O)=O. The predicted octanol–water partition coefficient (Wildman–Crippen LogP) is 1.73. The number of aryl methyl sites for hydroxylation is 2. The fourth-order valence-corrected chi connectivity index (χ4v) is 4.82. The van der Waals surface area contributed by atoms with Crippen LogP contribution in [-0.2, 0) is 14.6 Å². The highest BCUT2D eigenvalue weighted by molar-refractivity contribution is 7.92. The van der Waals surface area contributed by atoms with Gasteiger partial charge in [0.05, 0.1) is 22.3 Å². The van der Waals surface area contributed by atoms with E-state index in [0.29, 0.717) is 11.3 Å². The first kappa shape index (κ1) is 13.9. The number of sulfone groups is 1. The van der Waals surface area contributed by atoms with Crippen molar-refractivity contribution in [3.63, 3.8) is 0 Å². The fraction of sp³-hybridized carbons (Fsp3) is 0.462. The first-order chi connectivity index (χ1) is 8.75. The molecule has 1 aromatic rings.